The van der Waals surface area contributed by atoms with Crippen molar-refractivity contribution in [2.24, 2.45) is 5.92 Å². The third-order valence-electron chi connectivity index (χ3n) is 5.80. The van der Waals surface area contributed by atoms with Gasteiger partial charge in [0.25, 0.3) is 0 Å². The van der Waals surface area contributed by atoms with Crippen LogP contribution >= 0.6 is 23.4 Å². The number of carboxylic acid groups (broad SMARTS) is 1. The highest BCUT2D eigenvalue weighted by Crippen LogP contribution is 2.52. The maximum absolute atomic E-state index is 11.5. The second-order valence-corrected chi connectivity index (χ2v) is 9.03. The normalized spacial score (nSPS) is 25.4. The summed E-state index contributed by atoms with van der Waals surface area (Å²) in [5.74, 6) is 2.53. The lowest BCUT2D eigenvalue weighted by Crippen LogP contribution is -2.31. The molecule has 0 amide bonds. The van der Waals surface area contributed by atoms with Crippen molar-refractivity contribution in [3.63, 3.8) is 0 Å². The molecule has 0 radical (unpaired) electrons. The Bertz CT molecular complexity index is 972. The predicted octanol–water partition coefficient (Wildman–Crippen LogP) is 5.36. The molecule has 2 aromatic rings. The molecular formula is C22H20ClNO3S. The lowest BCUT2D eigenvalue weighted by Gasteiger charge is -2.38. The van der Waals surface area contributed by atoms with Gasteiger partial charge in [-0.3, -0.25) is 0 Å². The molecule has 2 heterocycles. The van der Waals surface area contributed by atoms with Crippen LogP contribution in [0.4, 0.5) is 5.69 Å². The first-order chi connectivity index (χ1) is 13.6. The SMILES string of the molecule is O=C(O)c1cc(Cl)c2c(c1)[C@@H]1C=CC[C@H]1[C@H](c1cccc(OC3CSC3)c1)N2. The van der Waals surface area contributed by atoms with Crippen molar-refractivity contribution in [1.29, 1.82) is 0 Å². The molecule has 0 bridgehead atoms. The zero-order chi connectivity index (χ0) is 19.3. The van der Waals surface area contributed by atoms with Crippen molar-refractivity contribution in [2.45, 2.75) is 24.5 Å². The Kier molecular flexibility index (Phi) is 4.52. The van der Waals surface area contributed by atoms with E-state index in [1.54, 1.807) is 6.07 Å². The van der Waals surface area contributed by atoms with Crippen molar-refractivity contribution in [3.8, 4) is 5.75 Å². The van der Waals surface area contributed by atoms with Gasteiger partial charge in [-0.1, -0.05) is 35.9 Å². The number of allylic oxidation sites excluding steroid dienone is 2. The average molecular weight is 414 g/mol. The van der Waals surface area contributed by atoms with E-state index in [1.807, 2.05) is 23.9 Å². The largest absolute Gasteiger partial charge is 0.489 e. The van der Waals surface area contributed by atoms with Crippen LogP contribution in [0, 0.1) is 5.92 Å². The highest BCUT2D eigenvalue weighted by Gasteiger charge is 2.39. The molecule has 1 fully saturated rings. The van der Waals surface area contributed by atoms with E-state index in [-0.39, 0.29) is 17.5 Å². The Morgan fingerprint density at radius 3 is 2.86 bits per heavy atom. The number of carbonyl (C=O) groups is 1. The maximum atomic E-state index is 11.5. The molecule has 2 aliphatic heterocycles. The van der Waals surface area contributed by atoms with Crippen molar-refractivity contribution in [2.75, 3.05) is 16.8 Å². The van der Waals surface area contributed by atoms with Crippen LogP contribution in [0.2, 0.25) is 5.02 Å². The van der Waals surface area contributed by atoms with E-state index in [0.717, 1.165) is 34.9 Å². The van der Waals surface area contributed by atoms with Gasteiger partial charge in [0.2, 0.25) is 0 Å². The number of rotatable bonds is 4. The van der Waals surface area contributed by atoms with Crippen LogP contribution in [0.25, 0.3) is 0 Å². The quantitative estimate of drug-likeness (QED) is 0.661. The number of thioether (sulfide) groups is 1. The molecule has 0 saturated carbocycles. The number of fused-ring (bicyclic) bond motifs is 3. The molecule has 144 valence electrons. The molecule has 1 saturated heterocycles. The fourth-order valence-corrected chi connectivity index (χ4v) is 5.21. The van der Waals surface area contributed by atoms with Gasteiger partial charge < -0.3 is 15.2 Å². The minimum absolute atomic E-state index is 0.0972. The number of ether oxygens (including phenoxy) is 1. The van der Waals surface area contributed by atoms with Gasteiger partial charge in [0.05, 0.1) is 22.3 Å². The highest BCUT2D eigenvalue weighted by molar-refractivity contribution is 8.00. The van der Waals surface area contributed by atoms with Crippen molar-refractivity contribution in [3.05, 3.63) is 70.3 Å². The minimum atomic E-state index is -0.954. The fourth-order valence-electron chi connectivity index (χ4n) is 4.36. The fraction of sp³-hybridized carbons (Fsp3) is 0.318. The Balaban J connectivity index is 1.51. The third-order valence-corrected chi connectivity index (χ3v) is 7.31. The summed E-state index contributed by atoms with van der Waals surface area (Å²) in [6.07, 6.45) is 5.63. The number of aromatic carboxylic acids is 1. The standard InChI is InChI=1S/C22H20ClNO3S/c23-19-9-13(22(25)26)8-18-16-5-2-6-17(16)20(24-21(18)19)12-3-1-4-14(7-12)27-15-10-28-11-15/h1-5,7-9,15-17,20,24H,6,10-11H2,(H,25,26)/t16-,17-,20+/m1/s1. The van der Waals surface area contributed by atoms with E-state index in [2.05, 4.69) is 29.6 Å². The van der Waals surface area contributed by atoms with Gasteiger partial charge in [0, 0.05) is 17.4 Å². The molecule has 2 N–H and O–H groups in total. The van der Waals surface area contributed by atoms with Gasteiger partial charge in [-0.05, 0) is 47.7 Å². The maximum Gasteiger partial charge on any atom is 0.335 e. The van der Waals surface area contributed by atoms with E-state index in [4.69, 9.17) is 16.3 Å². The lowest BCUT2D eigenvalue weighted by molar-refractivity contribution is 0.0696. The average Bonchev–Trinajstić information content (AvgIpc) is 3.14. The van der Waals surface area contributed by atoms with Crippen LogP contribution < -0.4 is 10.1 Å². The van der Waals surface area contributed by atoms with Crippen LogP contribution in [-0.4, -0.2) is 28.7 Å². The molecular weight excluding hydrogens is 394 g/mol. The summed E-state index contributed by atoms with van der Waals surface area (Å²) >= 11 is 8.39. The van der Waals surface area contributed by atoms with Gasteiger partial charge >= 0.3 is 5.97 Å². The number of hydrogen-bond acceptors (Lipinski definition) is 4. The van der Waals surface area contributed by atoms with Crippen molar-refractivity contribution < 1.29 is 14.6 Å². The summed E-state index contributed by atoms with van der Waals surface area (Å²) in [7, 11) is 0. The summed E-state index contributed by atoms with van der Waals surface area (Å²) in [5, 5.41) is 13.5. The van der Waals surface area contributed by atoms with Gasteiger partial charge in [0.15, 0.2) is 0 Å². The summed E-state index contributed by atoms with van der Waals surface area (Å²) in [4.78, 5) is 11.5. The van der Waals surface area contributed by atoms with Gasteiger partial charge in [-0.2, -0.15) is 11.8 Å². The van der Waals surface area contributed by atoms with Crippen LogP contribution in [0.15, 0.2) is 48.6 Å². The number of benzene rings is 2. The van der Waals surface area contributed by atoms with Crippen molar-refractivity contribution in [1.82, 2.24) is 0 Å². The third kappa shape index (κ3) is 3.07. The molecule has 6 heteroatoms. The molecule has 0 aromatic heterocycles. The summed E-state index contributed by atoms with van der Waals surface area (Å²) in [6, 6.07) is 11.7. The first-order valence-electron chi connectivity index (χ1n) is 9.44. The van der Waals surface area contributed by atoms with Crippen LogP contribution in [0.1, 0.15) is 39.9 Å². The van der Waals surface area contributed by atoms with Crippen LogP contribution in [0.5, 0.6) is 5.75 Å². The monoisotopic (exact) mass is 413 g/mol. The van der Waals surface area contributed by atoms with E-state index in [9.17, 15) is 9.90 Å². The number of carboxylic acids is 1. The molecule has 3 aliphatic rings. The number of nitrogens with one attached hydrogen (secondary N) is 1. The van der Waals surface area contributed by atoms with Gasteiger partial charge in [0.1, 0.15) is 11.9 Å². The Hall–Kier alpha value is -2.11. The van der Waals surface area contributed by atoms with Gasteiger partial charge in [-0.25, -0.2) is 4.79 Å². The van der Waals surface area contributed by atoms with E-state index in [1.165, 1.54) is 11.6 Å². The van der Waals surface area contributed by atoms with Gasteiger partial charge in [-0.15, -0.1) is 0 Å². The van der Waals surface area contributed by atoms with Crippen LogP contribution in [-0.2, 0) is 0 Å². The highest BCUT2D eigenvalue weighted by atomic mass is 35.5. The number of halogens is 1. The lowest BCUT2D eigenvalue weighted by atomic mass is 9.76. The zero-order valence-electron chi connectivity index (χ0n) is 15.1. The summed E-state index contributed by atoms with van der Waals surface area (Å²) in [5.41, 5.74) is 3.22. The van der Waals surface area contributed by atoms with E-state index >= 15 is 0 Å². The Labute approximate surface area is 172 Å². The second-order valence-electron chi connectivity index (χ2n) is 7.55. The molecule has 5 rings (SSSR count). The topological polar surface area (TPSA) is 58.6 Å². The van der Waals surface area contributed by atoms with Crippen LogP contribution in [0.3, 0.4) is 0 Å². The molecule has 3 atom stereocenters. The zero-order valence-corrected chi connectivity index (χ0v) is 16.7. The number of anilines is 1. The Morgan fingerprint density at radius 2 is 2.11 bits per heavy atom. The summed E-state index contributed by atoms with van der Waals surface area (Å²) in [6.45, 7) is 0. The predicted molar refractivity (Wildman–Crippen MR) is 113 cm³/mol. The smallest absolute Gasteiger partial charge is 0.335 e. The first-order valence-corrected chi connectivity index (χ1v) is 11.0. The first kappa shape index (κ1) is 18.0. The molecule has 0 spiro atoms. The molecule has 0 unspecified atom stereocenters. The molecule has 4 nitrogen and oxygen atoms in total. The van der Waals surface area contributed by atoms with Crippen molar-refractivity contribution >= 4 is 35.0 Å². The van der Waals surface area contributed by atoms with E-state index in [0.29, 0.717) is 17.0 Å². The molecule has 2 aromatic carbocycles. The van der Waals surface area contributed by atoms with E-state index < -0.39 is 5.97 Å². The minimum Gasteiger partial charge on any atom is -0.489 e. The summed E-state index contributed by atoms with van der Waals surface area (Å²) < 4.78 is 6.07. The molecule has 28 heavy (non-hydrogen) atoms. The molecule has 1 aliphatic carbocycles. The Morgan fingerprint density at radius 1 is 1.25 bits per heavy atom. The second kappa shape index (κ2) is 7.05. The number of hydrogen-bond donors (Lipinski definition) is 2.